The summed E-state index contributed by atoms with van der Waals surface area (Å²) in [6.07, 6.45) is 1.31. The lowest BCUT2D eigenvalue weighted by Gasteiger charge is -2.30. The lowest BCUT2D eigenvalue weighted by molar-refractivity contribution is 0.143. The molecule has 0 amide bonds. The van der Waals surface area contributed by atoms with Crippen molar-refractivity contribution in [1.82, 2.24) is 4.90 Å². The Morgan fingerprint density at radius 3 is 2.20 bits per heavy atom. The van der Waals surface area contributed by atoms with Crippen molar-refractivity contribution in [2.24, 2.45) is 11.8 Å². The Balaban J connectivity index is 0.00000196. The first kappa shape index (κ1) is 14.9. The second kappa shape index (κ2) is 6.49. The minimum absolute atomic E-state index is 0. The SMILES string of the molecule is C.COCC1C[C@@H](C(C)C)N(C(C)C)C1. The highest BCUT2D eigenvalue weighted by Gasteiger charge is 2.34. The zero-order valence-electron chi connectivity index (χ0n) is 10.3. The fourth-order valence-corrected chi connectivity index (χ4v) is 2.59. The highest BCUT2D eigenvalue weighted by Crippen LogP contribution is 2.29. The van der Waals surface area contributed by atoms with Gasteiger partial charge in [-0.25, -0.2) is 0 Å². The molecule has 0 N–H and O–H groups in total. The van der Waals surface area contributed by atoms with Crippen LogP contribution in [0.25, 0.3) is 0 Å². The van der Waals surface area contributed by atoms with Crippen LogP contribution in [0.15, 0.2) is 0 Å². The molecule has 2 atom stereocenters. The molecule has 0 aromatic heterocycles. The predicted octanol–water partition coefficient (Wildman–Crippen LogP) is 3.02. The summed E-state index contributed by atoms with van der Waals surface area (Å²) in [7, 11) is 1.81. The van der Waals surface area contributed by atoms with Gasteiger partial charge in [-0.15, -0.1) is 0 Å². The Labute approximate surface area is 96.0 Å². The zero-order chi connectivity index (χ0) is 10.7. The number of ether oxygens (including phenoxy) is 1. The van der Waals surface area contributed by atoms with Crippen LogP contribution in [0.2, 0.25) is 0 Å². The molecule has 0 aromatic rings. The van der Waals surface area contributed by atoms with Gasteiger partial charge in [0.1, 0.15) is 0 Å². The van der Waals surface area contributed by atoms with E-state index in [9.17, 15) is 0 Å². The van der Waals surface area contributed by atoms with Gasteiger partial charge in [-0.2, -0.15) is 0 Å². The third kappa shape index (κ3) is 3.76. The van der Waals surface area contributed by atoms with E-state index in [2.05, 4.69) is 32.6 Å². The Hall–Kier alpha value is -0.0800. The molecule has 2 heteroatoms. The molecule has 1 rings (SSSR count). The Morgan fingerprint density at radius 1 is 1.27 bits per heavy atom. The molecule has 1 aliphatic rings. The first-order valence-electron chi connectivity index (χ1n) is 5.81. The van der Waals surface area contributed by atoms with Crippen LogP contribution in [0, 0.1) is 11.8 Å². The van der Waals surface area contributed by atoms with Gasteiger partial charge in [0.05, 0.1) is 6.61 Å². The number of hydrogen-bond acceptors (Lipinski definition) is 2. The fraction of sp³-hybridized carbons (Fsp3) is 1.00. The van der Waals surface area contributed by atoms with Crippen molar-refractivity contribution in [3.05, 3.63) is 0 Å². The van der Waals surface area contributed by atoms with Crippen LogP contribution in [0.1, 0.15) is 41.5 Å². The molecule has 0 aliphatic carbocycles. The second-order valence-corrected chi connectivity index (χ2v) is 5.16. The number of rotatable bonds is 4. The van der Waals surface area contributed by atoms with Crippen LogP contribution < -0.4 is 0 Å². The van der Waals surface area contributed by atoms with E-state index in [0.717, 1.165) is 24.5 Å². The molecule has 1 unspecified atom stereocenters. The zero-order valence-corrected chi connectivity index (χ0v) is 10.3. The number of likely N-dealkylation sites (tertiary alicyclic amines) is 1. The summed E-state index contributed by atoms with van der Waals surface area (Å²) in [5, 5.41) is 0. The third-order valence-corrected chi connectivity index (χ3v) is 3.31. The van der Waals surface area contributed by atoms with Crippen LogP contribution in [-0.4, -0.2) is 37.2 Å². The van der Waals surface area contributed by atoms with E-state index in [-0.39, 0.29) is 7.43 Å². The molecule has 0 radical (unpaired) electrons. The van der Waals surface area contributed by atoms with E-state index >= 15 is 0 Å². The maximum Gasteiger partial charge on any atom is 0.0503 e. The van der Waals surface area contributed by atoms with E-state index in [0.29, 0.717) is 6.04 Å². The summed E-state index contributed by atoms with van der Waals surface area (Å²) >= 11 is 0. The van der Waals surface area contributed by atoms with Crippen molar-refractivity contribution >= 4 is 0 Å². The third-order valence-electron chi connectivity index (χ3n) is 3.31. The van der Waals surface area contributed by atoms with E-state index in [1.165, 1.54) is 13.0 Å². The Bertz CT molecular complexity index is 152. The van der Waals surface area contributed by atoms with Gasteiger partial charge in [0.2, 0.25) is 0 Å². The minimum Gasteiger partial charge on any atom is -0.384 e. The first-order valence-corrected chi connectivity index (χ1v) is 5.81. The summed E-state index contributed by atoms with van der Waals surface area (Å²) < 4.78 is 5.26. The molecule has 1 aliphatic heterocycles. The molecule has 0 spiro atoms. The molecule has 0 saturated carbocycles. The van der Waals surface area contributed by atoms with Crippen molar-refractivity contribution in [2.45, 2.75) is 53.6 Å². The van der Waals surface area contributed by atoms with Gasteiger partial charge >= 0.3 is 0 Å². The second-order valence-electron chi connectivity index (χ2n) is 5.16. The van der Waals surface area contributed by atoms with Crippen molar-refractivity contribution in [3.63, 3.8) is 0 Å². The topological polar surface area (TPSA) is 12.5 Å². The fourth-order valence-electron chi connectivity index (χ4n) is 2.59. The molecule has 0 aromatic carbocycles. The first-order chi connectivity index (χ1) is 6.56. The van der Waals surface area contributed by atoms with Crippen LogP contribution in [0.4, 0.5) is 0 Å². The van der Waals surface area contributed by atoms with Crippen molar-refractivity contribution in [2.75, 3.05) is 20.3 Å². The maximum atomic E-state index is 5.26. The number of hydrogen-bond donors (Lipinski definition) is 0. The standard InChI is InChI=1S/C12H25NO.CH4/c1-9(2)12-6-11(8-14-5)7-13(12)10(3)4;/h9-12H,6-8H2,1-5H3;1H4/t11?,12-;/m0./s1. The molecule has 15 heavy (non-hydrogen) atoms. The van der Waals surface area contributed by atoms with Crippen molar-refractivity contribution in [3.8, 4) is 0 Å². The van der Waals surface area contributed by atoms with Crippen LogP contribution in [0.3, 0.4) is 0 Å². The summed E-state index contributed by atoms with van der Waals surface area (Å²) in [6.45, 7) is 11.4. The normalized spacial score (nSPS) is 27.4. The highest BCUT2D eigenvalue weighted by atomic mass is 16.5. The average Bonchev–Trinajstić information content (AvgIpc) is 2.49. The van der Waals surface area contributed by atoms with Gasteiger partial charge in [0.15, 0.2) is 0 Å². The van der Waals surface area contributed by atoms with Gasteiger partial charge < -0.3 is 4.74 Å². The largest absolute Gasteiger partial charge is 0.384 e. The highest BCUT2D eigenvalue weighted by molar-refractivity contribution is 4.88. The Morgan fingerprint density at radius 2 is 1.87 bits per heavy atom. The predicted molar refractivity (Wildman–Crippen MR) is 67.2 cm³/mol. The number of nitrogens with zero attached hydrogens (tertiary/aromatic N) is 1. The number of methoxy groups -OCH3 is 1. The Kier molecular flexibility index (Phi) is 6.46. The van der Waals surface area contributed by atoms with Gasteiger partial charge in [-0.05, 0) is 32.1 Å². The van der Waals surface area contributed by atoms with E-state index in [1.54, 1.807) is 0 Å². The van der Waals surface area contributed by atoms with Crippen LogP contribution >= 0.6 is 0 Å². The minimum atomic E-state index is 0. The lowest BCUT2D eigenvalue weighted by Crippen LogP contribution is -2.38. The molecule has 1 saturated heterocycles. The van der Waals surface area contributed by atoms with Crippen LogP contribution in [0.5, 0.6) is 0 Å². The molecule has 1 heterocycles. The van der Waals surface area contributed by atoms with Gasteiger partial charge in [-0.3, -0.25) is 4.90 Å². The molecular formula is C13H29NO. The maximum absolute atomic E-state index is 5.26. The van der Waals surface area contributed by atoms with Gasteiger partial charge in [-0.1, -0.05) is 21.3 Å². The summed E-state index contributed by atoms with van der Waals surface area (Å²) in [6, 6.07) is 1.43. The lowest BCUT2D eigenvalue weighted by atomic mass is 9.97. The molecule has 1 fully saturated rings. The van der Waals surface area contributed by atoms with Gasteiger partial charge in [0.25, 0.3) is 0 Å². The molecule has 0 bridgehead atoms. The smallest absolute Gasteiger partial charge is 0.0503 e. The molecule has 2 nitrogen and oxygen atoms in total. The van der Waals surface area contributed by atoms with E-state index < -0.39 is 0 Å². The monoisotopic (exact) mass is 215 g/mol. The summed E-state index contributed by atoms with van der Waals surface area (Å²) in [4.78, 5) is 2.63. The summed E-state index contributed by atoms with van der Waals surface area (Å²) in [5.41, 5.74) is 0. The van der Waals surface area contributed by atoms with Crippen molar-refractivity contribution < 1.29 is 4.74 Å². The van der Waals surface area contributed by atoms with Crippen molar-refractivity contribution in [1.29, 1.82) is 0 Å². The van der Waals surface area contributed by atoms with E-state index in [4.69, 9.17) is 4.74 Å². The van der Waals surface area contributed by atoms with E-state index in [1.807, 2.05) is 7.11 Å². The molecular weight excluding hydrogens is 186 g/mol. The average molecular weight is 215 g/mol. The van der Waals surface area contributed by atoms with Gasteiger partial charge in [0, 0.05) is 25.7 Å². The summed E-state index contributed by atoms with van der Waals surface area (Å²) in [5.74, 6) is 1.51. The quantitative estimate of drug-likeness (QED) is 0.715. The van der Waals surface area contributed by atoms with Crippen LogP contribution in [-0.2, 0) is 4.74 Å². The molecule has 92 valence electrons.